The van der Waals surface area contributed by atoms with Gasteiger partial charge in [-0.25, -0.2) is 8.42 Å². The number of sulfone groups is 1. The van der Waals surface area contributed by atoms with E-state index in [1.54, 1.807) is 0 Å². The first kappa shape index (κ1) is 22.7. The minimum Gasteiger partial charge on any atom is -0.369 e. The predicted molar refractivity (Wildman–Crippen MR) is 100 cm³/mol. The summed E-state index contributed by atoms with van der Waals surface area (Å²) in [5, 5.41) is -0.734. The normalized spacial score (nSPS) is 21.7. The Kier molecular flexibility index (Phi) is 6.50. The fraction of sp³-hybridized carbons (Fsp3) is 0.632. The number of hydrogen-bond acceptors (Lipinski definition) is 4. The number of carbonyl (C=O) groups is 1. The number of nitrogens with two attached hydrogens (primary N) is 1. The van der Waals surface area contributed by atoms with Gasteiger partial charge in [-0.1, -0.05) is 6.07 Å². The number of alkyl halides is 3. The smallest absolute Gasteiger partial charge is 0.369 e. The number of halogens is 3. The Morgan fingerprint density at radius 1 is 1.14 bits per heavy atom. The van der Waals surface area contributed by atoms with E-state index < -0.39 is 32.7 Å². The fourth-order valence-electron chi connectivity index (χ4n) is 3.79. The van der Waals surface area contributed by atoms with Gasteiger partial charge < -0.3 is 5.73 Å². The molecule has 0 unspecified atom stereocenters. The zero-order valence-corrected chi connectivity index (χ0v) is 17.1. The van der Waals surface area contributed by atoms with Crippen molar-refractivity contribution in [3.05, 3.63) is 29.8 Å². The van der Waals surface area contributed by atoms with E-state index in [1.165, 1.54) is 6.07 Å². The molecule has 158 valence electrons. The third kappa shape index (κ3) is 5.26. The van der Waals surface area contributed by atoms with E-state index in [4.69, 9.17) is 5.73 Å². The molecule has 28 heavy (non-hydrogen) atoms. The third-order valence-electron chi connectivity index (χ3n) is 5.20. The molecule has 0 spiro atoms. The van der Waals surface area contributed by atoms with E-state index in [2.05, 4.69) is 0 Å². The van der Waals surface area contributed by atoms with Gasteiger partial charge in [-0.05, 0) is 64.7 Å². The summed E-state index contributed by atoms with van der Waals surface area (Å²) in [7, 11) is -3.86. The Morgan fingerprint density at radius 2 is 1.71 bits per heavy atom. The standard InChI is InChI=1S/C19H27F3N2O3S/c1-18(2,3)24(12-17(23)25)14-7-9-15(10-8-14)28(26,27)16-6-4-5-13(11-16)19(20,21)22/h4-6,11,14-15H,7-10,12H2,1-3H3,(H2,23,25). The SMILES string of the molecule is CC(C)(C)N(CC(N)=O)C1CCC(S(=O)(=O)c2cccc(C(F)(F)F)c2)CC1. The zero-order chi connectivity index (χ0) is 21.3. The maximum Gasteiger partial charge on any atom is 0.416 e. The molecule has 0 aliphatic heterocycles. The van der Waals surface area contributed by atoms with E-state index in [1.807, 2.05) is 25.7 Å². The Bertz CT molecular complexity index is 808. The molecule has 1 aromatic carbocycles. The van der Waals surface area contributed by atoms with Crippen molar-refractivity contribution in [1.82, 2.24) is 4.90 Å². The molecule has 1 aliphatic rings. The van der Waals surface area contributed by atoms with Crippen LogP contribution in [0.15, 0.2) is 29.2 Å². The van der Waals surface area contributed by atoms with Crippen LogP contribution in [0.1, 0.15) is 52.0 Å². The lowest BCUT2D eigenvalue weighted by Gasteiger charge is -2.43. The molecule has 0 atom stereocenters. The maximum atomic E-state index is 12.9. The number of hydrogen-bond donors (Lipinski definition) is 1. The van der Waals surface area contributed by atoms with Crippen molar-refractivity contribution < 1.29 is 26.4 Å². The highest BCUT2D eigenvalue weighted by Crippen LogP contribution is 2.35. The molecule has 0 bridgehead atoms. The average molecular weight is 420 g/mol. The van der Waals surface area contributed by atoms with Crippen molar-refractivity contribution in [2.45, 2.75) is 74.4 Å². The second-order valence-electron chi connectivity index (χ2n) is 8.27. The number of nitrogens with zero attached hydrogens (tertiary/aromatic N) is 1. The predicted octanol–water partition coefficient (Wildman–Crippen LogP) is 3.38. The largest absolute Gasteiger partial charge is 0.416 e. The van der Waals surface area contributed by atoms with E-state index in [-0.39, 0.29) is 23.0 Å². The fourth-order valence-corrected chi connectivity index (χ4v) is 5.63. The van der Waals surface area contributed by atoms with Crippen molar-refractivity contribution in [3.63, 3.8) is 0 Å². The van der Waals surface area contributed by atoms with Crippen LogP contribution >= 0.6 is 0 Å². The van der Waals surface area contributed by atoms with Gasteiger partial charge in [-0.2, -0.15) is 13.2 Å². The molecule has 1 aromatic rings. The summed E-state index contributed by atoms with van der Waals surface area (Å²) >= 11 is 0. The van der Waals surface area contributed by atoms with Gasteiger partial charge in [0, 0.05) is 11.6 Å². The first-order valence-corrected chi connectivity index (χ1v) is 10.7. The van der Waals surface area contributed by atoms with Gasteiger partial charge in [0.05, 0.1) is 22.3 Å². The summed E-state index contributed by atoms with van der Waals surface area (Å²) in [5.41, 5.74) is 4.07. The minimum atomic E-state index is -4.59. The molecule has 0 aromatic heterocycles. The van der Waals surface area contributed by atoms with E-state index in [0.717, 1.165) is 12.1 Å². The van der Waals surface area contributed by atoms with Gasteiger partial charge >= 0.3 is 6.18 Å². The topological polar surface area (TPSA) is 80.5 Å². The van der Waals surface area contributed by atoms with Crippen molar-refractivity contribution in [3.8, 4) is 0 Å². The first-order chi connectivity index (χ1) is 12.7. The minimum absolute atomic E-state index is 0.000425. The lowest BCUT2D eigenvalue weighted by molar-refractivity contribution is -0.137. The van der Waals surface area contributed by atoms with Crippen molar-refractivity contribution >= 4 is 15.7 Å². The molecule has 0 radical (unpaired) electrons. The molecule has 1 saturated carbocycles. The highest BCUT2D eigenvalue weighted by atomic mass is 32.2. The van der Waals surface area contributed by atoms with Crippen LogP contribution in [0, 0.1) is 0 Å². The van der Waals surface area contributed by atoms with Crippen LogP contribution in [-0.2, 0) is 20.8 Å². The molecule has 0 saturated heterocycles. The highest BCUT2D eigenvalue weighted by Gasteiger charge is 2.38. The van der Waals surface area contributed by atoms with Gasteiger partial charge in [0.2, 0.25) is 5.91 Å². The Labute approximate surface area is 164 Å². The third-order valence-corrected chi connectivity index (χ3v) is 7.46. The number of amides is 1. The highest BCUT2D eigenvalue weighted by molar-refractivity contribution is 7.92. The average Bonchev–Trinajstić information content (AvgIpc) is 2.58. The van der Waals surface area contributed by atoms with Gasteiger partial charge in [0.25, 0.3) is 0 Å². The summed E-state index contributed by atoms with van der Waals surface area (Å²) < 4.78 is 64.5. The number of primary amides is 1. The van der Waals surface area contributed by atoms with Crippen LogP contribution in [0.3, 0.4) is 0 Å². The van der Waals surface area contributed by atoms with Gasteiger partial charge in [-0.3, -0.25) is 9.69 Å². The zero-order valence-electron chi connectivity index (χ0n) is 16.3. The molecule has 9 heteroatoms. The second-order valence-corrected chi connectivity index (χ2v) is 10.5. The van der Waals surface area contributed by atoms with Crippen LogP contribution in [0.2, 0.25) is 0 Å². The van der Waals surface area contributed by atoms with E-state index >= 15 is 0 Å². The molecule has 1 amide bonds. The number of benzene rings is 1. The van der Waals surface area contributed by atoms with Crippen molar-refractivity contribution in [1.29, 1.82) is 0 Å². The van der Waals surface area contributed by atoms with Gasteiger partial charge in [0.1, 0.15) is 0 Å². The van der Waals surface area contributed by atoms with Gasteiger partial charge in [0.15, 0.2) is 9.84 Å². The summed E-state index contributed by atoms with van der Waals surface area (Å²) in [6, 6.07) is 3.90. The lowest BCUT2D eigenvalue weighted by atomic mass is 9.90. The maximum absolute atomic E-state index is 12.9. The van der Waals surface area contributed by atoms with E-state index in [9.17, 15) is 26.4 Å². The van der Waals surface area contributed by atoms with Crippen molar-refractivity contribution in [2.75, 3.05) is 6.54 Å². The molecular weight excluding hydrogens is 393 g/mol. The first-order valence-electron chi connectivity index (χ1n) is 9.19. The Hall–Kier alpha value is -1.61. The monoisotopic (exact) mass is 420 g/mol. The van der Waals surface area contributed by atoms with E-state index in [0.29, 0.717) is 31.7 Å². The Balaban J connectivity index is 2.17. The molecule has 2 N–H and O–H groups in total. The number of rotatable bonds is 5. The molecular formula is C19H27F3N2O3S. The van der Waals surface area contributed by atoms with Crippen molar-refractivity contribution in [2.24, 2.45) is 5.73 Å². The Morgan fingerprint density at radius 3 is 2.18 bits per heavy atom. The van der Waals surface area contributed by atoms with Crippen LogP contribution in [-0.4, -0.2) is 42.6 Å². The summed E-state index contributed by atoms with van der Waals surface area (Å²) in [6.07, 6.45) is -2.87. The quantitative estimate of drug-likeness (QED) is 0.792. The summed E-state index contributed by atoms with van der Waals surface area (Å²) in [6.45, 7) is 5.96. The molecule has 2 rings (SSSR count). The molecule has 5 nitrogen and oxygen atoms in total. The van der Waals surface area contributed by atoms with Crippen LogP contribution in [0.25, 0.3) is 0 Å². The summed E-state index contributed by atoms with van der Waals surface area (Å²) in [5.74, 6) is -0.450. The molecule has 1 fully saturated rings. The second kappa shape index (κ2) is 8.02. The van der Waals surface area contributed by atoms with Crippen LogP contribution < -0.4 is 5.73 Å². The van der Waals surface area contributed by atoms with Gasteiger partial charge in [-0.15, -0.1) is 0 Å². The van der Waals surface area contributed by atoms with Crippen LogP contribution in [0.4, 0.5) is 13.2 Å². The lowest BCUT2D eigenvalue weighted by Crippen LogP contribution is -2.53. The molecule has 0 heterocycles. The number of carbonyl (C=O) groups excluding carboxylic acids is 1. The van der Waals surface area contributed by atoms with Crippen LogP contribution in [0.5, 0.6) is 0 Å². The summed E-state index contributed by atoms with van der Waals surface area (Å²) in [4.78, 5) is 13.1. The molecule has 1 aliphatic carbocycles.